The molecule has 66 valence electrons. The Bertz CT molecular complexity index is 136. The van der Waals surface area contributed by atoms with Gasteiger partial charge in [0.15, 0.2) is 0 Å². The molecule has 0 saturated heterocycles. The monoisotopic (exact) mass is 179 g/mol. The number of rotatable bonds is 4. The van der Waals surface area contributed by atoms with E-state index in [0.717, 1.165) is 12.8 Å². The van der Waals surface area contributed by atoms with Gasteiger partial charge in [-0.2, -0.15) is 0 Å². The highest BCUT2D eigenvalue weighted by atomic mass is 31.1. The summed E-state index contributed by atoms with van der Waals surface area (Å²) in [4.78, 5) is 0. The summed E-state index contributed by atoms with van der Waals surface area (Å²) in [5, 5.41) is 0. The molecule has 1 fully saturated rings. The maximum atomic E-state index is 10.9. The van der Waals surface area contributed by atoms with Gasteiger partial charge in [-0.3, -0.25) is 9.09 Å². The van der Waals surface area contributed by atoms with E-state index in [9.17, 15) is 4.57 Å². The van der Waals surface area contributed by atoms with Gasteiger partial charge < -0.3 is 10.3 Å². The van der Waals surface area contributed by atoms with Crippen molar-refractivity contribution in [3.05, 3.63) is 0 Å². The van der Waals surface area contributed by atoms with Crippen LogP contribution in [-0.4, -0.2) is 12.8 Å². The summed E-state index contributed by atoms with van der Waals surface area (Å²) in [6, 6.07) is 0. The van der Waals surface area contributed by atoms with Crippen LogP contribution in [0.5, 0.6) is 0 Å². The SMILES string of the molecule is NCO[PH](=O)OC1CCCC1. The molecule has 0 amide bonds. The largest absolute Gasteiger partial charge is 0.320 e. The predicted molar refractivity (Wildman–Crippen MR) is 42.5 cm³/mol. The predicted octanol–water partition coefficient (Wildman–Crippen LogP) is 1.27. The Morgan fingerprint density at radius 3 is 2.64 bits per heavy atom. The highest BCUT2D eigenvalue weighted by Crippen LogP contribution is 2.32. The van der Waals surface area contributed by atoms with E-state index >= 15 is 0 Å². The maximum absolute atomic E-state index is 10.9. The first kappa shape index (κ1) is 9.20. The van der Waals surface area contributed by atoms with Crippen molar-refractivity contribution in [1.82, 2.24) is 0 Å². The molecular weight excluding hydrogens is 165 g/mol. The van der Waals surface area contributed by atoms with Crippen molar-refractivity contribution in [2.45, 2.75) is 31.8 Å². The lowest BCUT2D eigenvalue weighted by atomic mass is 10.3. The summed E-state index contributed by atoms with van der Waals surface area (Å²) in [5.41, 5.74) is 5.03. The van der Waals surface area contributed by atoms with Gasteiger partial charge in [0.25, 0.3) is 0 Å². The van der Waals surface area contributed by atoms with Crippen molar-refractivity contribution >= 4 is 8.25 Å². The molecule has 1 aliphatic rings. The molecule has 0 heterocycles. The van der Waals surface area contributed by atoms with Crippen molar-refractivity contribution in [2.24, 2.45) is 5.73 Å². The van der Waals surface area contributed by atoms with E-state index in [4.69, 9.17) is 10.3 Å². The van der Waals surface area contributed by atoms with Gasteiger partial charge in [-0.05, 0) is 12.8 Å². The van der Waals surface area contributed by atoms with Gasteiger partial charge in [-0.15, -0.1) is 0 Å². The highest BCUT2D eigenvalue weighted by Gasteiger charge is 2.17. The third kappa shape index (κ3) is 3.34. The lowest BCUT2D eigenvalue weighted by Crippen LogP contribution is -2.05. The third-order valence-corrected chi connectivity index (χ3v) is 2.69. The van der Waals surface area contributed by atoms with Gasteiger partial charge in [-0.25, -0.2) is 0 Å². The quantitative estimate of drug-likeness (QED) is 0.521. The van der Waals surface area contributed by atoms with Gasteiger partial charge in [-0.1, -0.05) is 12.8 Å². The van der Waals surface area contributed by atoms with E-state index in [0.29, 0.717) is 0 Å². The zero-order chi connectivity index (χ0) is 8.10. The first-order chi connectivity index (χ1) is 5.33. The van der Waals surface area contributed by atoms with Crippen LogP contribution in [0.25, 0.3) is 0 Å². The van der Waals surface area contributed by atoms with E-state index in [1.54, 1.807) is 0 Å². The van der Waals surface area contributed by atoms with E-state index in [1.807, 2.05) is 0 Å². The van der Waals surface area contributed by atoms with Gasteiger partial charge >= 0.3 is 8.25 Å². The molecule has 0 aromatic carbocycles. The molecule has 0 aromatic heterocycles. The molecule has 0 spiro atoms. The van der Waals surface area contributed by atoms with Crippen molar-refractivity contribution in [3.63, 3.8) is 0 Å². The third-order valence-electron chi connectivity index (χ3n) is 1.77. The summed E-state index contributed by atoms with van der Waals surface area (Å²) in [5.74, 6) is 0. The highest BCUT2D eigenvalue weighted by molar-refractivity contribution is 7.33. The molecular formula is C6H14NO3P. The Hall–Kier alpha value is 0.110. The molecule has 1 unspecified atom stereocenters. The van der Waals surface area contributed by atoms with E-state index < -0.39 is 8.25 Å². The smallest absolute Gasteiger partial charge is 0.308 e. The molecule has 1 atom stereocenters. The molecule has 11 heavy (non-hydrogen) atoms. The molecule has 2 N–H and O–H groups in total. The number of hydrogen-bond donors (Lipinski definition) is 1. The molecule has 1 saturated carbocycles. The van der Waals surface area contributed by atoms with Gasteiger partial charge in [0.05, 0.1) is 6.10 Å². The average molecular weight is 179 g/mol. The van der Waals surface area contributed by atoms with Crippen LogP contribution in [0.3, 0.4) is 0 Å². The standard InChI is InChI=1S/C6H14NO3P/c7-5-9-11(8)10-6-3-1-2-4-6/h6,11H,1-5,7H2. The van der Waals surface area contributed by atoms with Crippen molar-refractivity contribution < 1.29 is 13.6 Å². The fourth-order valence-corrected chi connectivity index (χ4v) is 1.96. The zero-order valence-electron chi connectivity index (χ0n) is 6.41. The Morgan fingerprint density at radius 1 is 1.45 bits per heavy atom. The van der Waals surface area contributed by atoms with Crippen LogP contribution < -0.4 is 5.73 Å². The molecule has 5 heteroatoms. The van der Waals surface area contributed by atoms with Gasteiger partial charge in [0.1, 0.15) is 6.73 Å². The first-order valence-corrected chi connectivity index (χ1v) is 5.09. The normalized spacial score (nSPS) is 22.3. The maximum Gasteiger partial charge on any atom is 0.320 e. The first-order valence-electron chi connectivity index (χ1n) is 3.86. The van der Waals surface area contributed by atoms with E-state index in [1.165, 1.54) is 12.8 Å². The zero-order valence-corrected chi connectivity index (χ0v) is 7.41. The molecule has 1 rings (SSSR count). The van der Waals surface area contributed by atoms with E-state index in [2.05, 4.69) is 4.52 Å². The summed E-state index contributed by atoms with van der Waals surface area (Å²) in [6.45, 7) is -0.0233. The number of hydrogen-bond acceptors (Lipinski definition) is 4. The molecule has 4 nitrogen and oxygen atoms in total. The molecule has 0 aromatic rings. The van der Waals surface area contributed by atoms with Gasteiger partial charge in [0, 0.05) is 0 Å². The molecule has 0 aliphatic heterocycles. The molecule has 1 aliphatic carbocycles. The Kier molecular flexibility index (Phi) is 4.08. The second-order valence-corrected chi connectivity index (χ2v) is 3.61. The Labute approximate surface area is 67.0 Å². The molecule has 0 radical (unpaired) electrons. The van der Waals surface area contributed by atoms with Gasteiger partial charge in [0.2, 0.25) is 0 Å². The van der Waals surface area contributed by atoms with Crippen LogP contribution in [0.2, 0.25) is 0 Å². The minimum absolute atomic E-state index is 0.0233. The lowest BCUT2D eigenvalue weighted by Gasteiger charge is -2.09. The Balaban J connectivity index is 2.13. The summed E-state index contributed by atoms with van der Waals surface area (Å²) < 4.78 is 20.6. The second kappa shape index (κ2) is 4.88. The van der Waals surface area contributed by atoms with Crippen molar-refractivity contribution in [1.29, 1.82) is 0 Å². The van der Waals surface area contributed by atoms with E-state index in [-0.39, 0.29) is 12.8 Å². The lowest BCUT2D eigenvalue weighted by molar-refractivity contribution is 0.170. The van der Waals surface area contributed by atoms with Crippen LogP contribution >= 0.6 is 8.25 Å². The summed E-state index contributed by atoms with van der Waals surface area (Å²) in [7, 11) is -2.30. The fraction of sp³-hybridized carbons (Fsp3) is 1.00. The van der Waals surface area contributed by atoms with Crippen molar-refractivity contribution in [2.75, 3.05) is 6.73 Å². The van der Waals surface area contributed by atoms with Crippen LogP contribution in [0.4, 0.5) is 0 Å². The molecule has 0 bridgehead atoms. The van der Waals surface area contributed by atoms with Crippen LogP contribution in [-0.2, 0) is 13.6 Å². The van der Waals surface area contributed by atoms with Crippen molar-refractivity contribution in [3.8, 4) is 0 Å². The topological polar surface area (TPSA) is 61.5 Å². The van der Waals surface area contributed by atoms with Crippen LogP contribution in [0.1, 0.15) is 25.7 Å². The van der Waals surface area contributed by atoms with Crippen LogP contribution in [0, 0.1) is 0 Å². The Morgan fingerprint density at radius 2 is 2.09 bits per heavy atom. The number of nitrogens with two attached hydrogens (primary N) is 1. The minimum Gasteiger partial charge on any atom is -0.308 e. The summed E-state index contributed by atoms with van der Waals surface area (Å²) in [6.07, 6.45) is 4.49. The van der Waals surface area contributed by atoms with Crippen LogP contribution in [0.15, 0.2) is 0 Å². The fourth-order valence-electron chi connectivity index (χ4n) is 1.24. The summed E-state index contributed by atoms with van der Waals surface area (Å²) >= 11 is 0. The second-order valence-electron chi connectivity index (χ2n) is 2.59. The average Bonchev–Trinajstić information content (AvgIpc) is 2.40. The minimum atomic E-state index is -2.30.